The molecule has 1 unspecified atom stereocenters. The van der Waals surface area contributed by atoms with Crippen LogP contribution in [0.15, 0.2) is 6.20 Å². The van der Waals surface area contributed by atoms with Crippen molar-refractivity contribution in [1.29, 1.82) is 0 Å². The number of nitrogens with zero attached hydrogens (tertiary/aromatic N) is 3. The second-order valence-electron chi connectivity index (χ2n) is 5.11. The summed E-state index contributed by atoms with van der Waals surface area (Å²) in [4.78, 5) is 24.5. The van der Waals surface area contributed by atoms with E-state index in [2.05, 4.69) is 5.10 Å². The minimum Gasteiger partial charge on any atom is -0.481 e. The third kappa shape index (κ3) is 3.33. The van der Waals surface area contributed by atoms with E-state index in [0.29, 0.717) is 5.56 Å². The number of carboxylic acids is 1. The van der Waals surface area contributed by atoms with Crippen LogP contribution in [0.2, 0.25) is 0 Å². The monoisotopic (exact) mass is 267 g/mol. The van der Waals surface area contributed by atoms with E-state index >= 15 is 0 Å². The van der Waals surface area contributed by atoms with E-state index in [4.69, 9.17) is 5.11 Å². The van der Waals surface area contributed by atoms with Gasteiger partial charge in [-0.2, -0.15) is 5.10 Å². The van der Waals surface area contributed by atoms with Crippen molar-refractivity contribution in [3.8, 4) is 0 Å². The average Bonchev–Trinajstić information content (AvgIpc) is 2.69. The Morgan fingerprint density at radius 1 is 1.42 bits per heavy atom. The molecule has 0 aliphatic rings. The Hall–Kier alpha value is -1.85. The Morgan fingerprint density at radius 3 is 2.42 bits per heavy atom. The van der Waals surface area contributed by atoms with Gasteiger partial charge >= 0.3 is 5.97 Å². The first-order valence-electron chi connectivity index (χ1n) is 6.28. The lowest BCUT2D eigenvalue weighted by Crippen LogP contribution is -2.33. The van der Waals surface area contributed by atoms with Crippen molar-refractivity contribution in [1.82, 2.24) is 14.7 Å². The van der Waals surface area contributed by atoms with Crippen molar-refractivity contribution in [2.45, 2.75) is 33.7 Å². The van der Waals surface area contributed by atoms with Gasteiger partial charge in [0, 0.05) is 25.3 Å². The molecular weight excluding hydrogens is 246 g/mol. The van der Waals surface area contributed by atoms with E-state index in [1.165, 1.54) is 4.90 Å². The number of carbonyl (C=O) groups excluding carboxylic acids is 1. The van der Waals surface area contributed by atoms with E-state index in [-0.39, 0.29) is 18.5 Å². The first-order chi connectivity index (χ1) is 8.75. The molecule has 1 aromatic rings. The lowest BCUT2D eigenvalue weighted by molar-refractivity contribution is -0.141. The predicted octanol–water partition coefficient (Wildman–Crippen LogP) is 1.57. The highest BCUT2D eigenvalue weighted by molar-refractivity contribution is 5.95. The van der Waals surface area contributed by atoms with Crippen LogP contribution >= 0.6 is 0 Å². The maximum atomic E-state index is 12.2. The lowest BCUT2D eigenvalue weighted by atomic mass is 10.1. The van der Waals surface area contributed by atoms with Crippen molar-refractivity contribution in [2.75, 3.05) is 13.6 Å². The van der Waals surface area contributed by atoms with Gasteiger partial charge in [0.25, 0.3) is 5.91 Å². The number of aliphatic carboxylic acids is 1. The first kappa shape index (κ1) is 15.2. The molecule has 19 heavy (non-hydrogen) atoms. The zero-order chi connectivity index (χ0) is 14.7. The van der Waals surface area contributed by atoms with Crippen LogP contribution in [0.1, 0.15) is 42.9 Å². The third-order valence-electron chi connectivity index (χ3n) is 3.08. The predicted molar refractivity (Wildman–Crippen MR) is 71.1 cm³/mol. The van der Waals surface area contributed by atoms with E-state index in [1.807, 2.05) is 20.8 Å². The normalized spacial score (nSPS) is 12.5. The van der Waals surface area contributed by atoms with Crippen LogP contribution in [0.4, 0.5) is 0 Å². The van der Waals surface area contributed by atoms with Gasteiger partial charge in [-0.3, -0.25) is 14.3 Å². The summed E-state index contributed by atoms with van der Waals surface area (Å²) < 4.78 is 1.78. The highest BCUT2D eigenvalue weighted by Crippen LogP contribution is 2.15. The number of aromatic nitrogens is 2. The molecule has 6 heteroatoms. The number of hydrogen-bond donors (Lipinski definition) is 1. The number of amides is 1. The largest absolute Gasteiger partial charge is 0.481 e. The quantitative estimate of drug-likeness (QED) is 0.878. The fraction of sp³-hybridized carbons (Fsp3) is 0.615. The molecule has 0 bridgehead atoms. The first-order valence-corrected chi connectivity index (χ1v) is 6.28. The zero-order valence-corrected chi connectivity index (χ0v) is 12.0. The van der Waals surface area contributed by atoms with Gasteiger partial charge in [-0.05, 0) is 20.8 Å². The molecular formula is C13H21N3O3. The Bertz CT molecular complexity index is 479. The molecule has 0 aliphatic heterocycles. The number of carbonyl (C=O) groups is 2. The van der Waals surface area contributed by atoms with Gasteiger partial charge < -0.3 is 10.0 Å². The third-order valence-corrected chi connectivity index (χ3v) is 3.08. The van der Waals surface area contributed by atoms with Crippen LogP contribution in [-0.2, 0) is 4.79 Å². The van der Waals surface area contributed by atoms with E-state index in [9.17, 15) is 9.59 Å². The molecule has 0 aromatic carbocycles. The van der Waals surface area contributed by atoms with Gasteiger partial charge in [-0.1, -0.05) is 6.92 Å². The topological polar surface area (TPSA) is 75.4 Å². The summed E-state index contributed by atoms with van der Waals surface area (Å²) in [6.07, 6.45) is 1.54. The van der Waals surface area contributed by atoms with Crippen LogP contribution in [0.5, 0.6) is 0 Å². The minimum atomic E-state index is -0.908. The highest BCUT2D eigenvalue weighted by atomic mass is 16.4. The van der Waals surface area contributed by atoms with E-state index in [0.717, 1.165) is 5.69 Å². The molecule has 1 aromatic heterocycles. The van der Waals surface area contributed by atoms with Crippen molar-refractivity contribution in [3.63, 3.8) is 0 Å². The number of rotatable bonds is 5. The molecule has 0 spiro atoms. The Balaban J connectivity index is 2.86. The summed E-state index contributed by atoms with van der Waals surface area (Å²) in [5.74, 6) is -1.69. The standard InChI is InChI=1S/C13H21N3O3/c1-8(2)16-10(4)11(6-14-16)12(17)15(5)7-9(3)13(18)19/h6,8-9H,7H2,1-5H3,(H,18,19). The van der Waals surface area contributed by atoms with Crippen LogP contribution in [0, 0.1) is 12.8 Å². The smallest absolute Gasteiger partial charge is 0.308 e. The number of carboxylic acid groups (broad SMARTS) is 1. The van der Waals surface area contributed by atoms with Gasteiger partial charge in [0.15, 0.2) is 0 Å². The number of hydrogen-bond acceptors (Lipinski definition) is 3. The van der Waals surface area contributed by atoms with E-state index < -0.39 is 11.9 Å². The van der Waals surface area contributed by atoms with Gasteiger partial charge in [-0.15, -0.1) is 0 Å². The van der Waals surface area contributed by atoms with Gasteiger partial charge in [0.05, 0.1) is 17.7 Å². The zero-order valence-electron chi connectivity index (χ0n) is 12.0. The Labute approximate surface area is 113 Å². The maximum absolute atomic E-state index is 12.2. The van der Waals surface area contributed by atoms with Crippen LogP contribution in [0.25, 0.3) is 0 Å². The summed E-state index contributed by atoms with van der Waals surface area (Å²) in [6, 6.07) is 0.185. The molecule has 1 rings (SSSR count). The van der Waals surface area contributed by atoms with Crippen molar-refractivity contribution >= 4 is 11.9 Å². The van der Waals surface area contributed by atoms with Crippen LogP contribution < -0.4 is 0 Å². The summed E-state index contributed by atoms with van der Waals surface area (Å²) in [7, 11) is 1.61. The fourth-order valence-electron chi connectivity index (χ4n) is 1.93. The summed E-state index contributed by atoms with van der Waals surface area (Å²) in [6.45, 7) is 7.58. The molecule has 1 N–H and O–H groups in total. The van der Waals surface area contributed by atoms with Crippen molar-refractivity contribution in [2.24, 2.45) is 5.92 Å². The second-order valence-corrected chi connectivity index (χ2v) is 5.11. The fourth-order valence-corrected chi connectivity index (χ4v) is 1.93. The molecule has 0 saturated carbocycles. The second kappa shape index (κ2) is 5.86. The Kier molecular flexibility index (Phi) is 4.69. The average molecular weight is 267 g/mol. The molecule has 6 nitrogen and oxygen atoms in total. The lowest BCUT2D eigenvalue weighted by Gasteiger charge is -2.19. The van der Waals surface area contributed by atoms with Gasteiger partial charge in [-0.25, -0.2) is 0 Å². The maximum Gasteiger partial charge on any atom is 0.308 e. The molecule has 0 saturated heterocycles. The molecule has 1 heterocycles. The summed E-state index contributed by atoms with van der Waals surface area (Å²) in [5.41, 5.74) is 1.32. The minimum absolute atomic E-state index is 0.181. The van der Waals surface area contributed by atoms with Gasteiger partial charge in [0.2, 0.25) is 0 Å². The molecule has 1 atom stereocenters. The van der Waals surface area contributed by atoms with Gasteiger partial charge in [0.1, 0.15) is 0 Å². The molecule has 0 fully saturated rings. The summed E-state index contributed by atoms with van der Waals surface area (Å²) >= 11 is 0. The SMILES string of the molecule is Cc1c(C(=O)N(C)CC(C)C(=O)O)cnn1C(C)C. The molecule has 106 valence electrons. The van der Waals surface area contributed by atoms with Crippen LogP contribution in [0.3, 0.4) is 0 Å². The molecule has 0 aliphatic carbocycles. The van der Waals surface area contributed by atoms with Crippen LogP contribution in [-0.4, -0.2) is 45.3 Å². The van der Waals surface area contributed by atoms with E-state index in [1.54, 1.807) is 24.9 Å². The summed E-state index contributed by atoms with van der Waals surface area (Å²) in [5, 5.41) is 13.0. The highest BCUT2D eigenvalue weighted by Gasteiger charge is 2.22. The molecule has 1 amide bonds. The molecule has 0 radical (unpaired) electrons. The van der Waals surface area contributed by atoms with Crippen molar-refractivity contribution < 1.29 is 14.7 Å². The Morgan fingerprint density at radius 2 is 2.00 bits per heavy atom. The van der Waals surface area contributed by atoms with Crippen molar-refractivity contribution in [3.05, 3.63) is 17.5 Å².